The van der Waals surface area contributed by atoms with Gasteiger partial charge in [-0.2, -0.15) is 17.0 Å². The van der Waals surface area contributed by atoms with Crippen LogP contribution in [-0.2, 0) is 16.8 Å². The first-order valence-corrected chi connectivity index (χ1v) is 9.98. The van der Waals surface area contributed by atoms with Gasteiger partial charge in [0.1, 0.15) is 17.4 Å². The van der Waals surface area contributed by atoms with Crippen molar-refractivity contribution in [2.45, 2.75) is 13.0 Å². The normalized spacial score (nSPS) is 12.0. The number of ether oxygens (including phenoxy) is 1. The van der Waals surface area contributed by atoms with Crippen LogP contribution in [0.2, 0.25) is 5.02 Å². The summed E-state index contributed by atoms with van der Waals surface area (Å²) in [5.41, 5.74) is 0.123. The minimum Gasteiger partial charge on any atom is -0.494 e. The zero-order valence-corrected chi connectivity index (χ0v) is 16.6. The lowest BCUT2D eigenvalue weighted by Gasteiger charge is -2.25. The molecule has 0 atom stereocenters. The smallest absolute Gasteiger partial charge is 0.281 e. The molecule has 0 unspecified atom stereocenters. The molecule has 0 saturated carbocycles. The molecule has 0 saturated heterocycles. The Balaban J connectivity index is 1.88. The summed E-state index contributed by atoms with van der Waals surface area (Å²) < 4.78 is 59.5. The van der Waals surface area contributed by atoms with E-state index in [4.69, 9.17) is 16.3 Å². The van der Waals surface area contributed by atoms with Crippen molar-refractivity contribution in [1.29, 1.82) is 0 Å². The third-order valence-corrected chi connectivity index (χ3v) is 6.17. The Morgan fingerprint density at radius 1 is 1.04 bits per heavy atom. The Morgan fingerprint density at radius 2 is 1.70 bits per heavy atom. The fraction of sp³-hybridized carbons (Fsp3) is 0.333. The second-order valence-corrected chi connectivity index (χ2v) is 8.49. The number of hydrogen-bond donors (Lipinski definition) is 0. The van der Waals surface area contributed by atoms with Gasteiger partial charge in [0.15, 0.2) is 0 Å². The van der Waals surface area contributed by atoms with Gasteiger partial charge in [0.2, 0.25) is 0 Å². The molecule has 0 radical (unpaired) electrons. The molecule has 0 fully saturated rings. The molecule has 0 aliphatic heterocycles. The molecule has 2 rings (SSSR count). The Kier molecular flexibility index (Phi) is 7.55. The third kappa shape index (κ3) is 5.87. The van der Waals surface area contributed by atoms with Gasteiger partial charge < -0.3 is 4.74 Å². The van der Waals surface area contributed by atoms with Crippen LogP contribution in [0.1, 0.15) is 12.0 Å². The summed E-state index contributed by atoms with van der Waals surface area (Å²) >= 11 is 5.96. The SMILES string of the molecule is CN(CCCOc1ccc(F)cc1)S(=O)(=O)N(C)Cc1c(F)cccc1Cl. The van der Waals surface area contributed by atoms with Gasteiger partial charge in [-0.25, -0.2) is 8.78 Å². The maximum Gasteiger partial charge on any atom is 0.281 e. The summed E-state index contributed by atoms with van der Waals surface area (Å²) in [7, 11) is -0.983. The standard InChI is InChI=1S/C18H21ClF2N2O3S/c1-22(11-4-12-26-15-9-7-14(20)8-10-15)27(24,25)23(2)13-16-17(19)5-3-6-18(16)21/h3,5-10H,4,11-13H2,1-2H3. The topological polar surface area (TPSA) is 49.9 Å². The molecule has 0 aromatic heterocycles. The lowest BCUT2D eigenvalue weighted by atomic mass is 10.2. The van der Waals surface area contributed by atoms with Crippen molar-refractivity contribution in [2.24, 2.45) is 0 Å². The monoisotopic (exact) mass is 418 g/mol. The molecular formula is C18H21ClF2N2O3S. The number of benzene rings is 2. The first kappa shape index (κ1) is 21.6. The molecule has 0 bridgehead atoms. The third-order valence-electron chi connectivity index (χ3n) is 3.93. The number of rotatable bonds is 9. The molecule has 0 aliphatic rings. The number of nitrogens with zero attached hydrogens (tertiary/aromatic N) is 2. The molecule has 0 heterocycles. The van der Waals surface area contributed by atoms with Crippen LogP contribution in [0.15, 0.2) is 42.5 Å². The van der Waals surface area contributed by atoms with Crippen LogP contribution in [0.4, 0.5) is 8.78 Å². The zero-order chi connectivity index (χ0) is 20.0. The number of hydrogen-bond acceptors (Lipinski definition) is 3. The summed E-state index contributed by atoms with van der Waals surface area (Å²) in [5.74, 6) is -0.403. The maximum atomic E-state index is 13.9. The van der Waals surface area contributed by atoms with Gasteiger partial charge in [-0.05, 0) is 42.8 Å². The van der Waals surface area contributed by atoms with E-state index in [0.717, 1.165) is 8.61 Å². The summed E-state index contributed by atoms with van der Waals surface area (Å²) in [6, 6.07) is 9.78. The van der Waals surface area contributed by atoms with Gasteiger partial charge in [0.25, 0.3) is 10.2 Å². The minimum atomic E-state index is -3.79. The highest BCUT2D eigenvalue weighted by Gasteiger charge is 2.25. The van der Waals surface area contributed by atoms with Gasteiger partial charge in [0, 0.05) is 37.8 Å². The summed E-state index contributed by atoms with van der Waals surface area (Å²) in [4.78, 5) is 0. The minimum absolute atomic E-state index is 0.123. The van der Waals surface area contributed by atoms with Crippen molar-refractivity contribution >= 4 is 21.8 Å². The second kappa shape index (κ2) is 9.45. The highest BCUT2D eigenvalue weighted by atomic mass is 35.5. The largest absolute Gasteiger partial charge is 0.494 e. The molecule has 2 aromatic carbocycles. The van der Waals surface area contributed by atoms with Gasteiger partial charge in [-0.1, -0.05) is 17.7 Å². The average Bonchev–Trinajstić information content (AvgIpc) is 2.63. The van der Waals surface area contributed by atoms with E-state index >= 15 is 0 Å². The van der Waals surface area contributed by atoms with Crippen LogP contribution >= 0.6 is 11.6 Å². The Labute approximate surface area is 163 Å². The highest BCUT2D eigenvalue weighted by Crippen LogP contribution is 2.22. The molecule has 148 valence electrons. The van der Waals surface area contributed by atoms with Crippen LogP contribution in [0, 0.1) is 11.6 Å². The van der Waals surface area contributed by atoms with Crippen molar-refractivity contribution in [2.75, 3.05) is 27.2 Å². The highest BCUT2D eigenvalue weighted by molar-refractivity contribution is 7.86. The van der Waals surface area contributed by atoms with Crippen molar-refractivity contribution in [3.63, 3.8) is 0 Å². The van der Waals surface area contributed by atoms with E-state index in [0.29, 0.717) is 12.2 Å². The summed E-state index contributed by atoms with van der Waals surface area (Å²) in [6.45, 7) is 0.303. The molecule has 5 nitrogen and oxygen atoms in total. The second-order valence-electron chi connectivity index (χ2n) is 5.94. The van der Waals surface area contributed by atoms with Crippen LogP contribution in [0.25, 0.3) is 0 Å². The lowest BCUT2D eigenvalue weighted by molar-refractivity contribution is 0.291. The van der Waals surface area contributed by atoms with E-state index in [-0.39, 0.29) is 36.1 Å². The van der Waals surface area contributed by atoms with Gasteiger partial charge in [-0.3, -0.25) is 0 Å². The van der Waals surface area contributed by atoms with E-state index in [1.807, 2.05) is 0 Å². The van der Waals surface area contributed by atoms with Gasteiger partial charge in [-0.15, -0.1) is 0 Å². The first-order valence-electron chi connectivity index (χ1n) is 8.20. The quantitative estimate of drug-likeness (QED) is 0.583. The van der Waals surface area contributed by atoms with Crippen LogP contribution in [0.5, 0.6) is 5.75 Å². The van der Waals surface area contributed by atoms with Gasteiger partial charge in [0.05, 0.1) is 6.61 Å². The van der Waals surface area contributed by atoms with Crippen LogP contribution < -0.4 is 4.74 Å². The Morgan fingerprint density at radius 3 is 2.33 bits per heavy atom. The molecular weight excluding hydrogens is 398 g/mol. The van der Waals surface area contributed by atoms with Crippen molar-refractivity contribution < 1.29 is 21.9 Å². The van der Waals surface area contributed by atoms with Crippen molar-refractivity contribution in [3.05, 3.63) is 64.7 Å². The zero-order valence-electron chi connectivity index (χ0n) is 15.0. The molecule has 0 N–H and O–H groups in total. The molecule has 27 heavy (non-hydrogen) atoms. The van der Waals surface area contributed by atoms with E-state index in [1.54, 1.807) is 0 Å². The van der Waals surface area contributed by atoms with Gasteiger partial charge >= 0.3 is 0 Å². The predicted octanol–water partition coefficient (Wildman–Crippen LogP) is 3.70. The molecule has 0 amide bonds. The Hall–Kier alpha value is -1.74. The van der Waals surface area contributed by atoms with Crippen molar-refractivity contribution in [3.8, 4) is 5.75 Å². The van der Waals surface area contributed by atoms with E-state index in [2.05, 4.69) is 0 Å². The Bertz CT molecular complexity index is 843. The maximum absolute atomic E-state index is 13.9. The molecule has 0 spiro atoms. The molecule has 2 aromatic rings. The average molecular weight is 419 g/mol. The molecule has 9 heteroatoms. The van der Waals surface area contributed by atoms with E-state index in [9.17, 15) is 17.2 Å². The van der Waals surface area contributed by atoms with Crippen molar-refractivity contribution in [1.82, 2.24) is 8.61 Å². The van der Waals surface area contributed by atoms with E-state index in [1.165, 1.54) is 56.6 Å². The summed E-state index contributed by atoms with van der Waals surface area (Å²) in [6.07, 6.45) is 0.432. The lowest BCUT2D eigenvalue weighted by Crippen LogP contribution is -2.40. The van der Waals surface area contributed by atoms with Crippen LogP contribution in [0.3, 0.4) is 0 Å². The van der Waals surface area contributed by atoms with E-state index < -0.39 is 16.0 Å². The van der Waals surface area contributed by atoms with Crippen LogP contribution in [-0.4, -0.2) is 44.3 Å². The number of halogens is 3. The molecule has 0 aliphatic carbocycles. The predicted molar refractivity (Wildman–Crippen MR) is 101 cm³/mol. The summed E-state index contributed by atoms with van der Waals surface area (Å²) in [5, 5.41) is 0.174. The fourth-order valence-electron chi connectivity index (χ4n) is 2.35. The fourth-order valence-corrected chi connectivity index (χ4v) is 3.70. The first-order chi connectivity index (χ1) is 12.7.